The molecule has 0 aliphatic rings. The van der Waals surface area contributed by atoms with Gasteiger partial charge in [0.15, 0.2) is 23.1 Å². The Morgan fingerprint density at radius 1 is 0.489 bits per heavy atom. The molecule has 10 aromatic rings. The third-order valence-electron chi connectivity index (χ3n) is 8.83. The minimum absolute atomic E-state index is 0.595. The Hall–Kier alpha value is -5.78. The van der Waals surface area contributed by atoms with Crippen LogP contribution in [0, 0.1) is 0 Å². The van der Waals surface area contributed by atoms with Gasteiger partial charge < -0.3 is 8.82 Å². The van der Waals surface area contributed by atoms with Gasteiger partial charge in [-0.1, -0.05) is 103 Å². The average molecular weight is 597 g/mol. The molecule has 0 atom stereocenters. The Morgan fingerprint density at radius 2 is 1.09 bits per heavy atom. The van der Waals surface area contributed by atoms with Gasteiger partial charge in [0.2, 0.25) is 0 Å². The molecular weight excluding hydrogens is 576 g/mol. The molecule has 0 fully saturated rings. The summed E-state index contributed by atoms with van der Waals surface area (Å²) >= 11 is 6.76. The summed E-state index contributed by atoms with van der Waals surface area (Å²) in [6.07, 6.45) is 0. The Bertz CT molecular complexity index is 2710. The number of fused-ring (bicyclic) bond motifs is 5. The van der Waals surface area contributed by atoms with E-state index in [-0.39, 0.29) is 0 Å². The molecular formula is C39H21ClN4O. The van der Waals surface area contributed by atoms with Crippen molar-refractivity contribution in [2.24, 2.45) is 0 Å². The van der Waals surface area contributed by atoms with Crippen molar-refractivity contribution >= 4 is 71.6 Å². The van der Waals surface area contributed by atoms with Crippen molar-refractivity contribution < 1.29 is 4.42 Å². The molecule has 0 aliphatic carbocycles. The zero-order chi connectivity index (χ0) is 29.6. The highest BCUT2D eigenvalue weighted by molar-refractivity contribution is 6.39. The van der Waals surface area contributed by atoms with E-state index in [0.29, 0.717) is 28.1 Å². The second kappa shape index (κ2) is 9.11. The molecule has 0 saturated carbocycles. The lowest BCUT2D eigenvalue weighted by Crippen LogP contribution is -2.00. The normalized spacial score (nSPS) is 12.1. The molecule has 0 saturated heterocycles. The maximum Gasteiger partial charge on any atom is 0.164 e. The Morgan fingerprint density at radius 3 is 1.80 bits per heavy atom. The van der Waals surface area contributed by atoms with Gasteiger partial charge in [-0.05, 0) is 41.8 Å². The molecule has 210 valence electrons. The van der Waals surface area contributed by atoms with Crippen LogP contribution in [0.2, 0.25) is 5.02 Å². The van der Waals surface area contributed by atoms with Crippen molar-refractivity contribution in [1.29, 1.82) is 0 Å². The van der Waals surface area contributed by atoms with Gasteiger partial charge in [0.25, 0.3) is 0 Å². The highest BCUT2D eigenvalue weighted by Crippen LogP contribution is 2.45. The molecule has 5 nitrogen and oxygen atoms in total. The fourth-order valence-corrected chi connectivity index (χ4v) is 7.10. The number of aromatic nitrogens is 4. The van der Waals surface area contributed by atoms with Gasteiger partial charge >= 0.3 is 0 Å². The number of nitrogens with zero attached hydrogens (tertiary/aromatic N) is 4. The van der Waals surface area contributed by atoms with Crippen LogP contribution in [0.4, 0.5) is 0 Å². The maximum atomic E-state index is 6.76. The average Bonchev–Trinajstić information content (AvgIpc) is 3.62. The van der Waals surface area contributed by atoms with E-state index in [0.717, 1.165) is 71.1 Å². The van der Waals surface area contributed by atoms with Crippen molar-refractivity contribution in [1.82, 2.24) is 19.4 Å². The van der Waals surface area contributed by atoms with Crippen LogP contribution in [-0.4, -0.2) is 19.4 Å². The predicted octanol–water partition coefficient (Wildman–Crippen LogP) is 10.6. The van der Waals surface area contributed by atoms with Gasteiger partial charge in [-0.2, -0.15) is 0 Å². The summed E-state index contributed by atoms with van der Waals surface area (Å²) in [5, 5.41) is 7.09. The van der Waals surface area contributed by atoms with Crippen LogP contribution in [0.25, 0.3) is 94.2 Å². The standard InChI is InChI=1S/C39H21ClN4O/c40-29-19-18-26-28-21-24(39-42-37(22-10-3-1-4-11-22)41-38(43-39)23-12-5-2-6-13-23)20-27-25-14-7-8-15-30(25)44(35(27)28)31-16-9-17-32-34(31)33(26)36(29)45-32/h1-21H. The van der Waals surface area contributed by atoms with Gasteiger partial charge in [0, 0.05) is 38.2 Å². The molecule has 0 amide bonds. The zero-order valence-electron chi connectivity index (χ0n) is 23.7. The lowest BCUT2D eigenvalue weighted by Gasteiger charge is -2.10. The number of para-hydroxylation sites is 1. The van der Waals surface area contributed by atoms with E-state index in [4.69, 9.17) is 31.0 Å². The van der Waals surface area contributed by atoms with Crippen molar-refractivity contribution in [3.63, 3.8) is 0 Å². The molecule has 6 heteroatoms. The van der Waals surface area contributed by atoms with Crippen LogP contribution in [-0.2, 0) is 0 Å². The number of furan rings is 1. The quantitative estimate of drug-likeness (QED) is 0.203. The molecule has 45 heavy (non-hydrogen) atoms. The van der Waals surface area contributed by atoms with E-state index < -0.39 is 0 Å². The second-order valence-electron chi connectivity index (χ2n) is 11.4. The van der Waals surface area contributed by atoms with Crippen LogP contribution >= 0.6 is 11.6 Å². The lowest BCUT2D eigenvalue weighted by atomic mass is 10.0. The molecule has 10 rings (SSSR count). The molecule has 0 spiro atoms. The summed E-state index contributed by atoms with van der Waals surface area (Å²) in [5.41, 5.74) is 7.62. The summed E-state index contributed by atoms with van der Waals surface area (Å²) < 4.78 is 8.77. The summed E-state index contributed by atoms with van der Waals surface area (Å²) in [5.74, 6) is 1.87. The molecule has 0 bridgehead atoms. The number of benzene rings is 6. The van der Waals surface area contributed by atoms with Crippen LogP contribution in [0.15, 0.2) is 132 Å². The van der Waals surface area contributed by atoms with Crippen molar-refractivity contribution in [2.75, 3.05) is 0 Å². The van der Waals surface area contributed by atoms with E-state index in [2.05, 4.69) is 59.0 Å². The monoisotopic (exact) mass is 596 g/mol. The summed E-state index contributed by atoms with van der Waals surface area (Å²) in [4.78, 5) is 15.1. The molecule has 4 heterocycles. The maximum absolute atomic E-state index is 6.76. The van der Waals surface area contributed by atoms with E-state index in [1.165, 1.54) is 0 Å². The van der Waals surface area contributed by atoms with E-state index in [1.807, 2.05) is 72.8 Å². The number of hydrogen-bond donors (Lipinski definition) is 0. The third-order valence-corrected chi connectivity index (χ3v) is 9.13. The highest BCUT2D eigenvalue weighted by Gasteiger charge is 2.23. The first-order valence-electron chi connectivity index (χ1n) is 14.8. The smallest absolute Gasteiger partial charge is 0.164 e. The topological polar surface area (TPSA) is 56.2 Å². The highest BCUT2D eigenvalue weighted by atomic mass is 35.5. The first-order valence-corrected chi connectivity index (χ1v) is 15.2. The fraction of sp³-hybridized carbons (Fsp3) is 0. The number of hydrogen-bond acceptors (Lipinski definition) is 4. The zero-order valence-corrected chi connectivity index (χ0v) is 24.5. The number of halogens is 1. The van der Waals surface area contributed by atoms with Gasteiger partial charge in [-0.15, -0.1) is 0 Å². The van der Waals surface area contributed by atoms with Crippen molar-refractivity contribution in [2.45, 2.75) is 0 Å². The van der Waals surface area contributed by atoms with Crippen LogP contribution < -0.4 is 0 Å². The summed E-state index contributed by atoms with van der Waals surface area (Å²) in [7, 11) is 0. The Kier molecular flexibility index (Phi) is 4.99. The van der Waals surface area contributed by atoms with Crippen LogP contribution in [0.1, 0.15) is 0 Å². The van der Waals surface area contributed by atoms with Crippen molar-refractivity contribution in [3.05, 3.63) is 132 Å². The summed E-state index contributed by atoms with van der Waals surface area (Å²) in [6.45, 7) is 0. The van der Waals surface area contributed by atoms with Crippen molar-refractivity contribution in [3.8, 4) is 34.2 Å². The first kappa shape index (κ1) is 24.6. The van der Waals surface area contributed by atoms with Gasteiger partial charge in [-0.25, -0.2) is 15.0 Å². The van der Waals surface area contributed by atoms with E-state index in [9.17, 15) is 0 Å². The molecule has 0 N–H and O–H groups in total. The van der Waals surface area contributed by atoms with Crippen LogP contribution in [0.3, 0.4) is 0 Å². The SMILES string of the molecule is Clc1ccc2c3cc(-c4nc(-c5ccccc5)nc(-c5ccccc5)n4)cc4c5ccccc5n(c5cccc6oc1c2c65)c34. The minimum atomic E-state index is 0.595. The molecule has 6 aromatic carbocycles. The van der Waals surface area contributed by atoms with Gasteiger partial charge in [-0.3, -0.25) is 0 Å². The lowest BCUT2D eigenvalue weighted by molar-refractivity contribution is 0.669. The number of rotatable bonds is 3. The third kappa shape index (κ3) is 3.47. The molecule has 0 aliphatic heterocycles. The van der Waals surface area contributed by atoms with Crippen LogP contribution in [0.5, 0.6) is 0 Å². The largest absolute Gasteiger partial charge is 0.454 e. The predicted molar refractivity (Wildman–Crippen MR) is 183 cm³/mol. The van der Waals surface area contributed by atoms with Gasteiger partial charge in [0.1, 0.15) is 5.58 Å². The molecule has 4 aromatic heterocycles. The van der Waals surface area contributed by atoms with Gasteiger partial charge in [0.05, 0.1) is 27.0 Å². The second-order valence-corrected chi connectivity index (χ2v) is 11.8. The minimum Gasteiger partial charge on any atom is -0.454 e. The Balaban J connectivity index is 1.40. The fourth-order valence-electron chi connectivity index (χ4n) is 6.90. The first-order chi connectivity index (χ1) is 22.2. The van der Waals surface area contributed by atoms with E-state index >= 15 is 0 Å². The van der Waals surface area contributed by atoms with E-state index in [1.54, 1.807) is 0 Å². The Labute approximate surface area is 261 Å². The molecule has 0 radical (unpaired) electrons. The molecule has 0 unspecified atom stereocenters. The summed E-state index contributed by atoms with van der Waals surface area (Å²) in [6, 6.07) is 43.4.